The van der Waals surface area contributed by atoms with E-state index < -0.39 is 24.4 Å². The maximum atomic E-state index is 12.9. The van der Waals surface area contributed by atoms with Crippen molar-refractivity contribution in [2.24, 2.45) is 0 Å². The lowest BCUT2D eigenvalue weighted by Crippen LogP contribution is -2.38. The molecule has 0 amide bonds. The smallest absolute Gasteiger partial charge is 0.419 e. The first kappa shape index (κ1) is 26.9. The standard InChI is InChI=1S/C29H36N2O6/c1-18-14-26(36-5)23(22-11-13-31(27(18)22)28(35)37-29(2,3)4)16-30-12-10-21(33)15-24(30)19-6-8-20(9-7-19)25(34)17-32/h6-9,11,13-14,21,24,32-33H,10,12,15-17H2,1-5H3. The summed E-state index contributed by atoms with van der Waals surface area (Å²) in [7, 11) is 1.64. The molecule has 1 saturated heterocycles. The number of methoxy groups -OCH3 is 1. The van der Waals surface area contributed by atoms with E-state index in [4.69, 9.17) is 14.6 Å². The SMILES string of the molecule is COc1cc(C)c2c(ccn2C(=O)OC(C)(C)C)c1CN1CCC(O)CC1c1ccc(C(=O)CO)cc1. The number of ketones is 1. The molecule has 8 nitrogen and oxygen atoms in total. The molecule has 0 spiro atoms. The highest BCUT2D eigenvalue weighted by Gasteiger charge is 2.31. The van der Waals surface area contributed by atoms with Gasteiger partial charge in [-0.3, -0.25) is 14.3 Å². The number of aromatic nitrogens is 1. The number of rotatable bonds is 6. The van der Waals surface area contributed by atoms with Crippen molar-refractivity contribution >= 4 is 22.8 Å². The Morgan fingerprint density at radius 3 is 2.46 bits per heavy atom. The number of aliphatic hydroxyl groups excluding tert-OH is 2. The summed E-state index contributed by atoms with van der Waals surface area (Å²) in [5.74, 6) is 0.411. The van der Waals surface area contributed by atoms with Crippen LogP contribution in [0.15, 0.2) is 42.6 Å². The largest absolute Gasteiger partial charge is 0.496 e. The Labute approximate surface area is 217 Å². The van der Waals surface area contributed by atoms with Gasteiger partial charge >= 0.3 is 6.09 Å². The van der Waals surface area contributed by atoms with Gasteiger partial charge in [0, 0.05) is 41.8 Å². The fourth-order valence-corrected chi connectivity index (χ4v) is 5.09. The van der Waals surface area contributed by atoms with Crippen LogP contribution in [0.4, 0.5) is 4.79 Å². The van der Waals surface area contributed by atoms with Gasteiger partial charge in [-0.05, 0) is 63.8 Å². The van der Waals surface area contributed by atoms with Crippen LogP contribution >= 0.6 is 0 Å². The Kier molecular flexibility index (Phi) is 7.73. The fourth-order valence-electron chi connectivity index (χ4n) is 5.09. The third kappa shape index (κ3) is 5.71. The van der Waals surface area contributed by atoms with Crippen LogP contribution in [0, 0.1) is 6.92 Å². The topological polar surface area (TPSA) is 101 Å². The van der Waals surface area contributed by atoms with E-state index >= 15 is 0 Å². The van der Waals surface area contributed by atoms with Gasteiger partial charge in [0.2, 0.25) is 0 Å². The van der Waals surface area contributed by atoms with Crippen LogP contribution in [0.3, 0.4) is 0 Å². The molecule has 0 bridgehead atoms. The van der Waals surface area contributed by atoms with Crippen LogP contribution in [-0.4, -0.2) is 63.5 Å². The summed E-state index contributed by atoms with van der Waals surface area (Å²) < 4.78 is 13.0. The van der Waals surface area contributed by atoms with Crippen LogP contribution in [0.5, 0.6) is 5.75 Å². The fraction of sp³-hybridized carbons (Fsp3) is 0.448. The molecule has 37 heavy (non-hydrogen) atoms. The molecule has 0 saturated carbocycles. The zero-order chi connectivity index (χ0) is 26.9. The van der Waals surface area contributed by atoms with Crippen LogP contribution < -0.4 is 4.74 Å². The Bertz CT molecular complexity index is 1290. The third-order valence-electron chi connectivity index (χ3n) is 6.85. The summed E-state index contributed by atoms with van der Waals surface area (Å²) in [4.78, 5) is 27.1. The lowest BCUT2D eigenvalue weighted by molar-refractivity contribution is 0.0362. The molecule has 2 heterocycles. The molecule has 2 aromatic carbocycles. The zero-order valence-corrected chi connectivity index (χ0v) is 22.2. The van der Waals surface area contributed by atoms with Crippen molar-refractivity contribution in [2.45, 2.75) is 64.8 Å². The minimum atomic E-state index is -0.615. The maximum Gasteiger partial charge on any atom is 0.419 e. The van der Waals surface area contributed by atoms with Gasteiger partial charge in [-0.2, -0.15) is 0 Å². The second-order valence-electron chi connectivity index (χ2n) is 10.7. The highest BCUT2D eigenvalue weighted by atomic mass is 16.6. The normalized spacial score (nSPS) is 18.7. The number of fused-ring (bicyclic) bond motifs is 1. The van der Waals surface area contributed by atoms with Gasteiger partial charge in [-0.15, -0.1) is 0 Å². The van der Waals surface area contributed by atoms with Crippen molar-refractivity contribution in [1.82, 2.24) is 9.47 Å². The molecule has 198 valence electrons. The third-order valence-corrected chi connectivity index (χ3v) is 6.85. The number of ether oxygens (including phenoxy) is 2. The van der Waals surface area contributed by atoms with E-state index in [1.165, 1.54) is 0 Å². The molecule has 8 heteroatoms. The van der Waals surface area contributed by atoms with Gasteiger partial charge in [0.15, 0.2) is 5.78 Å². The Morgan fingerprint density at radius 2 is 1.84 bits per heavy atom. The summed E-state index contributed by atoms with van der Waals surface area (Å²) in [5.41, 5.74) is 3.47. The van der Waals surface area contributed by atoms with Gasteiger partial charge in [-0.25, -0.2) is 4.79 Å². The Morgan fingerprint density at radius 1 is 1.14 bits per heavy atom. The molecule has 1 aromatic heterocycles. The van der Waals surface area contributed by atoms with E-state index in [1.807, 2.05) is 52.0 Å². The van der Waals surface area contributed by atoms with E-state index in [0.29, 0.717) is 31.5 Å². The average molecular weight is 509 g/mol. The Hall–Kier alpha value is -3.20. The maximum absolute atomic E-state index is 12.9. The van der Waals surface area contributed by atoms with Gasteiger partial charge in [0.05, 0.1) is 18.7 Å². The summed E-state index contributed by atoms with van der Waals surface area (Å²) in [6.45, 7) is 8.17. The highest BCUT2D eigenvalue weighted by Crippen LogP contribution is 2.38. The number of likely N-dealkylation sites (tertiary alicyclic amines) is 1. The van der Waals surface area contributed by atoms with Crippen LogP contribution in [0.1, 0.15) is 66.7 Å². The van der Waals surface area contributed by atoms with Gasteiger partial charge in [-0.1, -0.05) is 24.3 Å². The van der Waals surface area contributed by atoms with Gasteiger partial charge in [0.1, 0.15) is 18.0 Å². The monoisotopic (exact) mass is 508 g/mol. The number of carbonyl (C=O) groups is 2. The number of piperidine rings is 1. The number of hydrogen-bond acceptors (Lipinski definition) is 7. The Balaban J connectivity index is 1.72. The van der Waals surface area contributed by atoms with Crippen molar-refractivity contribution in [1.29, 1.82) is 0 Å². The lowest BCUT2D eigenvalue weighted by Gasteiger charge is -2.38. The van der Waals surface area contributed by atoms with E-state index in [1.54, 1.807) is 30.0 Å². The molecule has 1 aliphatic heterocycles. The first-order valence-electron chi connectivity index (χ1n) is 12.6. The molecule has 4 rings (SSSR count). The van der Waals surface area contributed by atoms with E-state index in [-0.39, 0.29) is 11.8 Å². The number of aryl methyl sites for hydroxylation is 1. The van der Waals surface area contributed by atoms with Crippen LogP contribution in [-0.2, 0) is 11.3 Å². The molecule has 3 aromatic rings. The van der Waals surface area contributed by atoms with Crippen molar-refractivity contribution < 1.29 is 29.3 Å². The summed E-state index contributed by atoms with van der Waals surface area (Å²) in [5, 5.41) is 20.6. The number of carbonyl (C=O) groups excluding carboxylic acids is 2. The van der Waals surface area contributed by atoms with Crippen molar-refractivity contribution in [3.05, 3.63) is 64.8 Å². The molecule has 2 atom stereocenters. The minimum absolute atomic E-state index is 0.0731. The first-order chi connectivity index (χ1) is 17.5. The van der Waals surface area contributed by atoms with E-state index in [0.717, 1.165) is 33.3 Å². The van der Waals surface area contributed by atoms with Gasteiger partial charge < -0.3 is 19.7 Å². The zero-order valence-electron chi connectivity index (χ0n) is 22.2. The van der Waals surface area contributed by atoms with Gasteiger partial charge in [0.25, 0.3) is 0 Å². The molecule has 2 unspecified atom stereocenters. The quantitative estimate of drug-likeness (QED) is 0.469. The summed E-state index contributed by atoms with van der Waals surface area (Å²) in [6.07, 6.45) is 2.09. The number of nitrogens with zero attached hydrogens (tertiary/aromatic N) is 2. The van der Waals surface area contributed by atoms with E-state index in [9.17, 15) is 14.7 Å². The molecular formula is C29H36N2O6. The van der Waals surface area contributed by atoms with Crippen molar-refractivity contribution in [3.8, 4) is 5.75 Å². The van der Waals surface area contributed by atoms with E-state index in [2.05, 4.69) is 4.90 Å². The minimum Gasteiger partial charge on any atom is -0.496 e. The second-order valence-corrected chi connectivity index (χ2v) is 10.7. The highest BCUT2D eigenvalue weighted by molar-refractivity contribution is 5.97. The van der Waals surface area contributed by atoms with Crippen molar-refractivity contribution in [2.75, 3.05) is 20.3 Å². The number of Topliss-reactive ketones (excluding diaryl/α,β-unsaturated/α-hetero) is 1. The predicted molar refractivity (Wildman–Crippen MR) is 141 cm³/mol. The number of hydrogen-bond donors (Lipinski definition) is 2. The number of benzene rings is 2. The molecule has 0 aliphatic carbocycles. The molecule has 2 N–H and O–H groups in total. The summed E-state index contributed by atoms with van der Waals surface area (Å²) >= 11 is 0. The number of aliphatic hydroxyl groups is 2. The molecule has 1 aliphatic rings. The average Bonchev–Trinajstić information content (AvgIpc) is 3.31. The van der Waals surface area contributed by atoms with Crippen LogP contribution in [0.2, 0.25) is 0 Å². The molecule has 0 radical (unpaired) electrons. The van der Waals surface area contributed by atoms with Crippen molar-refractivity contribution in [3.63, 3.8) is 0 Å². The second kappa shape index (κ2) is 10.7. The summed E-state index contributed by atoms with van der Waals surface area (Å²) in [6, 6.07) is 11.0. The molecule has 1 fully saturated rings. The first-order valence-corrected chi connectivity index (χ1v) is 12.6. The predicted octanol–water partition coefficient (Wildman–Crippen LogP) is 4.61. The molecular weight excluding hydrogens is 472 g/mol. The van der Waals surface area contributed by atoms with Crippen LogP contribution in [0.25, 0.3) is 10.9 Å². The lowest BCUT2D eigenvalue weighted by atomic mass is 9.91.